The molecule has 0 bridgehead atoms. The fraction of sp³-hybridized carbons (Fsp3) is 0.625. The lowest BCUT2D eigenvalue weighted by Crippen LogP contribution is -2.39. The Labute approximate surface area is 83.5 Å². The first kappa shape index (κ1) is 13.1. The van der Waals surface area contributed by atoms with Gasteiger partial charge in [0.1, 0.15) is 0 Å². The molecule has 0 saturated heterocycles. The molecule has 0 rings (SSSR count). The van der Waals surface area contributed by atoms with E-state index in [0.717, 1.165) is 6.92 Å². The second-order valence-electron chi connectivity index (χ2n) is 3.13. The van der Waals surface area contributed by atoms with E-state index in [4.69, 9.17) is 4.55 Å². The van der Waals surface area contributed by atoms with Crippen LogP contribution in [0.1, 0.15) is 27.2 Å². The minimum absolute atomic E-state index is 0.0369. The first-order valence-electron chi connectivity index (χ1n) is 4.00. The van der Waals surface area contributed by atoms with E-state index in [1.54, 1.807) is 0 Å². The number of hydrogen-bond acceptors (Lipinski definition) is 4. The molecule has 0 aliphatic carbocycles. The van der Waals surface area contributed by atoms with Gasteiger partial charge in [-0.3, -0.25) is 4.55 Å². The summed E-state index contributed by atoms with van der Waals surface area (Å²) >= 11 is 0. The van der Waals surface area contributed by atoms with Crippen molar-refractivity contribution in [2.24, 2.45) is 0 Å². The van der Waals surface area contributed by atoms with Crippen LogP contribution in [0.2, 0.25) is 0 Å². The van der Waals surface area contributed by atoms with Gasteiger partial charge in [0.25, 0.3) is 0 Å². The summed E-state index contributed by atoms with van der Waals surface area (Å²) < 4.78 is 35.3. The number of carbonyl (C=O) groups excluding carboxylic acids is 1. The first-order valence-corrected chi connectivity index (χ1v) is 5.44. The van der Waals surface area contributed by atoms with E-state index in [1.165, 1.54) is 13.8 Å². The fourth-order valence-corrected chi connectivity index (χ4v) is 1.14. The SMILES string of the molecule is C=C(C)C(=O)OC(C)(CC)S(=O)(=O)O. The zero-order chi connectivity index (χ0) is 11.6. The summed E-state index contributed by atoms with van der Waals surface area (Å²) in [4.78, 5) is 9.17. The molecule has 82 valence electrons. The van der Waals surface area contributed by atoms with Gasteiger partial charge in [-0.15, -0.1) is 0 Å². The van der Waals surface area contributed by atoms with E-state index >= 15 is 0 Å². The highest BCUT2D eigenvalue weighted by Gasteiger charge is 2.40. The zero-order valence-corrected chi connectivity index (χ0v) is 9.22. The summed E-state index contributed by atoms with van der Waals surface area (Å²) in [6, 6.07) is 0. The topological polar surface area (TPSA) is 80.7 Å². The van der Waals surface area contributed by atoms with E-state index in [9.17, 15) is 13.2 Å². The van der Waals surface area contributed by atoms with Gasteiger partial charge in [0.05, 0.1) is 0 Å². The molecule has 0 radical (unpaired) electrons. The average molecular weight is 222 g/mol. The molecule has 0 aliphatic rings. The van der Waals surface area contributed by atoms with Crippen molar-refractivity contribution < 1.29 is 22.5 Å². The Morgan fingerprint density at radius 1 is 1.57 bits per heavy atom. The van der Waals surface area contributed by atoms with Crippen LogP contribution in [-0.4, -0.2) is 23.9 Å². The summed E-state index contributed by atoms with van der Waals surface area (Å²) in [7, 11) is -4.43. The first-order chi connectivity index (χ1) is 6.14. The average Bonchev–Trinajstić information content (AvgIpc) is 2.01. The second kappa shape index (κ2) is 4.10. The van der Waals surface area contributed by atoms with Crippen molar-refractivity contribution in [3.8, 4) is 0 Å². The Morgan fingerprint density at radius 2 is 2.00 bits per heavy atom. The Bertz CT molecular complexity index is 343. The monoisotopic (exact) mass is 222 g/mol. The normalized spacial score (nSPS) is 15.7. The molecule has 0 amide bonds. The molecule has 1 atom stereocenters. The molecule has 1 N–H and O–H groups in total. The van der Waals surface area contributed by atoms with Crippen molar-refractivity contribution in [3.63, 3.8) is 0 Å². The largest absolute Gasteiger partial charge is 0.437 e. The van der Waals surface area contributed by atoms with Gasteiger partial charge >= 0.3 is 16.1 Å². The number of hydrogen-bond donors (Lipinski definition) is 1. The molecule has 0 saturated carbocycles. The van der Waals surface area contributed by atoms with E-state index in [2.05, 4.69) is 11.3 Å². The van der Waals surface area contributed by atoms with E-state index in [1.807, 2.05) is 0 Å². The van der Waals surface area contributed by atoms with Crippen molar-refractivity contribution in [3.05, 3.63) is 12.2 Å². The highest BCUT2D eigenvalue weighted by Crippen LogP contribution is 2.22. The summed E-state index contributed by atoms with van der Waals surface area (Å²) in [6.07, 6.45) is -0.0369. The number of rotatable bonds is 4. The minimum atomic E-state index is -4.43. The maximum Gasteiger partial charge on any atom is 0.334 e. The lowest BCUT2D eigenvalue weighted by Gasteiger charge is -2.24. The van der Waals surface area contributed by atoms with Crippen LogP contribution in [0.5, 0.6) is 0 Å². The van der Waals surface area contributed by atoms with Gasteiger partial charge in [-0.2, -0.15) is 8.42 Å². The summed E-state index contributed by atoms with van der Waals surface area (Å²) in [5.74, 6) is -0.841. The molecule has 0 spiro atoms. The van der Waals surface area contributed by atoms with Crippen LogP contribution in [0.15, 0.2) is 12.2 Å². The quantitative estimate of drug-likeness (QED) is 0.438. The van der Waals surface area contributed by atoms with Gasteiger partial charge in [-0.1, -0.05) is 13.5 Å². The van der Waals surface area contributed by atoms with E-state index in [0.29, 0.717) is 0 Å². The minimum Gasteiger partial charge on any atom is -0.437 e. The molecule has 0 heterocycles. The van der Waals surface area contributed by atoms with Gasteiger partial charge < -0.3 is 4.74 Å². The predicted octanol–water partition coefficient (Wildman–Crippen LogP) is 1.12. The lowest BCUT2D eigenvalue weighted by molar-refractivity contribution is -0.146. The van der Waals surface area contributed by atoms with Crippen molar-refractivity contribution in [1.29, 1.82) is 0 Å². The predicted molar refractivity (Wildman–Crippen MR) is 51.2 cm³/mol. The third-order valence-electron chi connectivity index (χ3n) is 1.84. The Morgan fingerprint density at radius 3 is 2.21 bits per heavy atom. The van der Waals surface area contributed by atoms with E-state index in [-0.39, 0.29) is 12.0 Å². The van der Waals surface area contributed by atoms with Crippen LogP contribution >= 0.6 is 0 Å². The van der Waals surface area contributed by atoms with Crippen molar-refractivity contribution >= 4 is 16.1 Å². The molecular weight excluding hydrogens is 208 g/mol. The second-order valence-corrected chi connectivity index (χ2v) is 4.95. The number of esters is 1. The van der Waals surface area contributed by atoms with Gasteiger partial charge in [-0.25, -0.2) is 4.79 Å². The van der Waals surface area contributed by atoms with Crippen molar-refractivity contribution in [1.82, 2.24) is 0 Å². The third kappa shape index (κ3) is 2.81. The maximum atomic E-state index is 11.1. The summed E-state index contributed by atoms with van der Waals surface area (Å²) in [5.41, 5.74) is 0.0772. The molecule has 0 fully saturated rings. The molecule has 0 aromatic carbocycles. The van der Waals surface area contributed by atoms with Gasteiger partial charge in [0, 0.05) is 12.0 Å². The summed E-state index contributed by atoms with van der Waals surface area (Å²) in [6.45, 7) is 7.31. The van der Waals surface area contributed by atoms with Crippen molar-refractivity contribution in [2.75, 3.05) is 0 Å². The molecular formula is C8H14O5S. The zero-order valence-electron chi connectivity index (χ0n) is 8.40. The van der Waals surface area contributed by atoms with Crippen LogP contribution in [0.3, 0.4) is 0 Å². The van der Waals surface area contributed by atoms with Crippen LogP contribution in [0.25, 0.3) is 0 Å². The fourth-order valence-electron chi connectivity index (χ4n) is 0.590. The summed E-state index contributed by atoms with van der Waals surface area (Å²) in [5, 5.41) is 0. The highest BCUT2D eigenvalue weighted by molar-refractivity contribution is 7.87. The van der Waals surface area contributed by atoms with Crippen molar-refractivity contribution in [2.45, 2.75) is 32.1 Å². The highest BCUT2D eigenvalue weighted by atomic mass is 32.2. The third-order valence-corrected chi connectivity index (χ3v) is 3.31. The van der Waals surface area contributed by atoms with Crippen LogP contribution in [0.4, 0.5) is 0 Å². The molecule has 0 aromatic rings. The maximum absolute atomic E-state index is 11.1. The molecule has 6 heteroatoms. The van der Waals surface area contributed by atoms with Gasteiger partial charge in [0.15, 0.2) is 0 Å². The Hall–Kier alpha value is -0.880. The number of ether oxygens (including phenoxy) is 1. The van der Waals surface area contributed by atoms with Crippen LogP contribution in [0, 0.1) is 0 Å². The standard InChI is InChI=1S/C8H14O5S/c1-5-8(4,14(10,11)12)13-7(9)6(2)3/h2,5H2,1,3-4H3,(H,10,11,12). The molecule has 14 heavy (non-hydrogen) atoms. The Balaban J connectivity index is 4.93. The molecule has 1 unspecified atom stereocenters. The van der Waals surface area contributed by atoms with Gasteiger partial charge in [-0.05, 0) is 13.8 Å². The Kier molecular flexibility index (Phi) is 3.84. The molecule has 0 aromatic heterocycles. The smallest absolute Gasteiger partial charge is 0.334 e. The van der Waals surface area contributed by atoms with Crippen LogP contribution < -0.4 is 0 Å². The number of carbonyl (C=O) groups is 1. The van der Waals surface area contributed by atoms with Gasteiger partial charge in [0.2, 0.25) is 4.93 Å². The van der Waals surface area contributed by atoms with Crippen LogP contribution in [-0.2, 0) is 19.6 Å². The van der Waals surface area contributed by atoms with E-state index < -0.39 is 21.0 Å². The molecule has 0 aliphatic heterocycles. The molecule has 5 nitrogen and oxygen atoms in total. The lowest BCUT2D eigenvalue weighted by atomic mass is 10.3.